The lowest BCUT2D eigenvalue weighted by atomic mass is 10.1. The molecule has 2 rings (SSSR count). The van der Waals surface area contributed by atoms with Gasteiger partial charge in [-0.15, -0.1) is 0 Å². The Balaban J connectivity index is 2.09. The fourth-order valence-corrected chi connectivity index (χ4v) is 3.33. The fraction of sp³-hybridized carbons (Fsp3) is 0.500. The number of thioether (sulfide) groups is 1. The molecule has 1 saturated heterocycles. The van der Waals surface area contributed by atoms with E-state index in [9.17, 15) is 0 Å². The Morgan fingerprint density at radius 1 is 1.47 bits per heavy atom. The van der Waals surface area contributed by atoms with Crippen LogP contribution in [0.15, 0.2) is 28.7 Å². The highest BCUT2D eigenvalue weighted by Crippen LogP contribution is 2.27. The van der Waals surface area contributed by atoms with Crippen LogP contribution in [-0.2, 0) is 0 Å². The van der Waals surface area contributed by atoms with Gasteiger partial charge in [0.1, 0.15) is 0 Å². The molecule has 2 unspecified atom stereocenters. The Morgan fingerprint density at radius 3 is 3.13 bits per heavy atom. The summed E-state index contributed by atoms with van der Waals surface area (Å²) in [6, 6.07) is 9.13. The highest BCUT2D eigenvalue weighted by atomic mass is 79.9. The summed E-state index contributed by atoms with van der Waals surface area (Å²) < 4.78 is 1.17. The zero-order valence-electron chi connectivity index (χ0n) is 8.87. The van der Waals surface area contributed by atoms with Crippen LogP contribution in [0.3, 0.4) is 0 Å². The van der Waals surface area contributed by atoms with Gasteiger partial charge >= 0.3 is 0 Å². The quantitative estimate of drug-likeness (QED) is 0.846. The second-order valence-electron chi connectivity index (χ2n) is 3.99. The van der Waals surface area contributed by atoms with Gasteiger partial charge in [-0.3, -0.25) is 0 Å². The Hall–Kier alpha value is 0.01000. The van der Waals surface area contributed by atoms with Crippen LogP contribution in [-0.4, -0.2) is 17.5 Å². The average molecular weight is 286 g/mol. The maximum atomic E-state index is 3.61. The zero-order chi connectivity index (χ0) is 10.7. The van der Waals surface area contributed by atoms with Crippen molar-refractivity contribution in [1.29, 1.82) is 0 Å². The van der Waals surface area contributed by atoms with E-state index < -0.39 is 0 Å². The van der Waals surface area contributed by atoms with Crippen molar-refractivity contribution in [3.63, 3.8) is 0 Å². The van der Waals surface area contributed by atoms with E-state index in [0.29, 0.717) is 6.04 Å². The molecule has 1 fully saturated rings. The predicted octanol–water partition coefficient (Wildman–Crippen LogP) is 3.61. The van der Waals surface area contributed by atoms with Gasteiger partial charge in [-0.05, 0) is 30.7 Å². The summed E-state index contributed by atoms with van der Waals surface area (Å²) in [4.78, 5) is 0. The Kier molecular flexibility index (Phi) is 4.12. The largest absolute Gasteiger partial charge is 0.309 e. The molecule has 1 nitrogen and oxygen atoms in total. The summed E-state index contributed by atoms with van der Waals surface area (Å²) in [5, 5.41) is 4.40. The molecular formula is C12H16BrNS. The Labute approximate surface area is 104 Å². The third kappa shape index (κ3) is 3.23. The third-order valence-electron chi connectivity index (χ3n) is 2.74. The highest BCUT2D eigenvalue weighted by Gasteiger charge is 2.17. The van der Waals surface area contributed by atoms with Crippen LogP contribution in [0.25, 0.3) is 0 Å². The SMILES string of the molecule is CC1CCNC(c2cccc(Br)c2)CS1. The molecule has 1 aromatic rings. The number of benzene rings is 1. The molecule has 1 aliphatic rings. The van der Waals surface area contributed by atoms with Crippen LogP contribution in [0.4, 0.5) is 0 Å². The van der Waals surface area contributed by atoms with Gasteiger partial charge in [0.05, 0.1) is 0 Å². The lowest BCUT2D eigenvalue weighted by molar-refractivity contribution is 0.578. The van der Waals surface area contributed by atoms with Crippen LogP contribution < -0.4 is 5.32 Å². The van der Waals surface area contributed by atoms with Gasteiger partial charge in [-0.1, -0.05) is 35.0 Å². The molecule has 0 aliphatic carbocycles. The van der Waals surface area contributed by atoms with E-state index in [2.05, 4.69) is 64.2 Å². The van der Waals surface area contributed by atoms with Gasteiger partial charge < -0.3 is 5.32 Å². The lowest BCUT2D eigenvalue weighted by Crippen LogP contribution is -2.22. The number of rotatable bonds is 1. The minimum absolute atomic E-state index is 0.512. The normalized spacial score (nSPS) is 27.3. The summed E-state index contributed by atoms with van der Waals surface area (Å²) in [7, 11) is 0. The van der Waals surface area contributed by atoms with Crippen molar-refractivity contribution in [2.24, 2.45) is 0 Å². The van der Waals surface area contributed by atoms with Crippen LogP contribution in [0, 0.1) is 0 Å². The van der Waals surface area contributed by atoms with Gasteiger partial charge in [0.15, 0.2) is 0 Å². The van der Waals surface area contributed by atoms with E-state index >= 15 is 0 Å². The Bertz CT molecular complexity index is 329. The highest BCUT2D eigenvalue weighted by molar-refractivity contribution is 9.10. The molecule has 0 amide bonds. The second kappa shape index (κ2) is 5.37. The zero-order valence-corrected chi connectivity index (χ0v) is 11.3. The van der Waals surface area contributed by atoms with Crippen molar-refractivity contribution >= 4 is 27.7 Å². The van der Waals surface area contributed by atoms with Crippen molar-refractivity contribution in [2.45, 2.75) is 24.6 Å². The summed E-state index contributed by atoms with van der Waals surface area (Å²) in [6.07, 6.45) is 1.27. The molecule has 1 N–H and O–H groups in total. The van der Waals surface area contributed by atoms with E-state index in [4.69, 9.17) is 0 Å². The maximum Gasteiger partial charge on any atom is 0.0412 e. The molecule has 0 bridgehead atoms. The minimum Gasteiger partial charge on any atom is -0.309 e. The topological polar surface area (TPSA) is 12.0 Å². The summed E-state index contributed by atoms with van der Waals surface area (Å²) in [5.41, 5.74) is 1.39. The van der Waals surface area contributed by atoms with E-state index in [1.54, 1.807) is 0 Å². The van der Waals surface area contributed by atoms with Gasteiger partial charge in [0.25, 0.3) is 0 Å². The summed E-state index contributed by atoms with van der Waals surface area (Å²) >= 11 is 5.60. The van der Waals surface area contributed by atoms with E-state index in [1.165, 1.54) is 22.2 Å². The van der Waals surface area contributed by atoms with Crippen LogP contribution in [0.5, 0.6) is 0 Å². The predicted molar refractivity (Wildman–Crippen MR) is 71.4 cm³/mol. The minimum atomic E-state index is 0.512. The number of hydrogen-bond donors (Lipinski definition) is 1. The van der Waals surface area contributed by atoms with E-state index in [1.807, 2.05) is 0 Å². The lowest BCUT2D eigenvalue weighted by Gasteiger charge is -2.15. The van der Waals surface area contributed by atoms with E-state index in [-0.39, 0.29) is 0 Å². The summed E-state index contributed by atoms with van der Waals surface area (Å²) in [6.45, 7) is 3.45. The van der Waals surface area contributed by atoms with Gasteiger partial charge in [-0.25, -0.2) is 0 Å². The fourth-order valence-electron chi connectivity index (χ4n) is 1.80. The molecule has 0 spiro atoms. The molecule has 0 aromatic heterocycles. The van der Waals surface area contributed by atoms with Crippen molar-refractivity contribution in [2.75, 3.05) is 12.3 Å². The average Bonchev–Trinajstić information content (AvgIpc) is 2.43. The monoisotopic (exact) mass is 285 g/mol. The molecule has 3 heteroatoms. The first kappa shape index (κ1) is 11.5. The molecule has 2 atom stereocenters. The van der Waals surface area contributed by atoms with E-state index in [0.717, 1.165) is 11.8 Å². The molecule has 0 saturated carbocycles. The van der Waals surface area contributed by atoms with Gasteiger partial charge in [-0.2, -0.15) is 11.8 Å². The number of hydrogen-bond acceptors (Lipinski definition) is 2. The first-order chi connectivity index (χ1) is 7.25. The number of halogens is 1. The van der Waals surface area contributed by atoms with Crippen molar-refractivity contribution in [1.82, 2.24) is 5.32 Å². The molecule has 1 heterocycles. The summed E-state index contributed by atoms with van der Waals surface area (Å²) in [5.74, 6) is 1.18. The molecule has 82 valence electrons. The molecule has 0 radical (unpaired) electrons. The molecular weight excluding hydrogens is 270 g/mol. The van der Waals surface area contributed by atoms with Crippen molar-refractivity contribution < 1.29 is 0 Å². The van der Waals surface area contributed by atoms with Crippen molar-refractivity contribution in [3.05, 3.63) is 34.3 Å². The first-order valence-corrected chi connectivity index (χ1v) is 7.20. The van der Waals surface area contributed by atoms with Crippen LogP contribution >= 0.6 is 27.7 Å². The second-order valence-corrected chi connectivity index (χ2v) is 6.38. The maximum absolute atomic E-state index is 3.61. The first-order valence-electron chi connectivity index (χ1n) is 5.36. The molecule has 1 aromatic carbocycles. The van der Waals surface area contributed by atoms with Gasteiger partial charge in [0, 0.05) is 21.5 Å². The Morgan fingerprint density at radius 2 is 2.33 bits per heavy atom. The van der Waals surface area contributed by atoms with Crippen molar-refractivity contribution in [3.8, 4) is 0 Å². The number of nitrogens with one attached hydrogen (secondary N) is 1. The smallest absolute Gasteiger partial charge is 0.0412 e. The van der Waals surface area contributed by atoms with Gasteiger partial charge in [0.2, 0.25) is 0 Å². The van der Waals surface area contributed by atoms with Crippen LogP contribution in [0.2, 0.25) is 0 Å². The van der Waals surface area contributed by atoms with Crippen LogP contribution in [0.1, 0.15) is 24.9 Å². The third-order valence-corrected chi connectivity index (χ3v) is 4.56. The molecule has 1 aliphatic heterocycles. The molecule has 15 heavy (non-hydrogen) atoms. The standard InChI is InChI=1S/C12H16BrNS/c1-9-5-6-14-12(8-15-9)10-3-2-4-11(13)7-10/h2-4,7,9,12,14H,5-6,8H2,1H3.